The monoisotopic (exact) mass is 385 g/mol. The Balaban J connectivity index is 1.97. The molecule has 0 aliphatic heterocycles. The molecule has 0 bridgehead atoms. The molecule has 0 spiro atoms. The lowest BCUT2D eigenvalue weighted by atomic mass is 10.2. The minimum atomic E-state index is -0.971. The van der Waals surface area contributed by atoms with Crippen LogP contribution in [0.3, 0.4) is 0 Å². The second-order valence-corrected chi connectivity index (χ2v) is 7.48. The van der Waals surface area contributed by atoms with Gasteiger partial charge in [0.15, 0.2) is 0 Å². The Morgan fingerprint density at radius 3 is 2.54 bits per heavy atom. The van der Waals surface area contributed by atoms with Crippen LogP contribution in [0.4, 0.5) is 16.4 Å². The largest absolute Gasteiger partial charge is 0.478 e. The molecule has 7 heteroatoms. The third-order valence-corrected chi connectivity index (χ3v) is 6.13. The fraction of sp³-hybridized carbons (Fsp3) is 0.211. The summed E-state index contributed by atoms with van der Waals surface area (Å²) in [5, 5.41) is 20.9. The fourth-order valence-electron chi connectivity index (χ4n) is 2.53. The van der Waals surface area contributed by atoms with Gasteiger partial charge in [0, 0.05) is 22.8 Å². The van der Waals surface area contributed by atoms with Gasteiger partial charge in [-0.15, -0.1) is 27.8 Å². The van der Waals surface area contributed by atoms with Crippen molar-refractivity contribution in [3.63, 3.8) is 0 Å². The second-order valence-electron chi connectivity index (χ2n) is 5.51. The van der Waals surface area contributed by atoms with Crippen LogP contribution >= 0.6 is 22.7 Å². The van der Waals surface area contributed by atoms with Crippen molar-refractivity contribution in [3.8, 4) is 9.75 Å². The predicted octanol–water partition coefficient (Wildman–Crippen LogP) is 6.44. The summed E-state index contributed by atoms with van der Waals surface area (Å²) >= 11 is 3.41. The lowest BCUT2D eigenvalue weighted by molar-refractivity contribution is 0.0697. The molecule has 134 valence electrons. The third kappa shape index (κ3) is 4.00. The van der Waals surface area contributed by atoms with Gasteiger partial charge in [-0.1, -0.05) is 12.1 Å². The van der Waals surface area contributed by atoms with E-state index < -0.39 is 5.97 Å². The Bertz CT molecular complexity index is 913. The van der Waals surface area contributed by atoms with Gasteiger partial charge in [-0.3, -0.25) is 0 Å². The molecule has 1 N–H and O–H groups in total. The summed E-state index contributed by atoms with van der Waals surface area (Å²) in [6.07, 6.45) is 0. The van der Waals surface area contributed by atoms with Crippen molar-refractivity contribution in [1.29, 1.82) is 0 Å². The van der Waals surface area contributed by atoms with E-state index in [1.165, 1.54) is 10.9 Å². The molecular formula is C19H19N3O2S2. The van der Waals surface area contributed by atoms with Crippen LogP contribution in [0.25, 0.3) is 9.75 Å². The van der Waals surface area contributed by atoms with Crippen LogP contribution < -0.4 is 4.90 Å². The molecule has 0 aliphatic carbocycles. The number of rotatable bonds is 7. The Hall–Kier alpha value is -2.51. The van der Waals surface area contributed by atoms with Gasteiger partial charge in [-0.2, -0.15) is 5.11 Å². The van der Waals surface area contributed by atoms with Crippen LogP contribution in [-0.4, -0.2) is 24.2 Å². The van der Waals surface area contributed by atoms with Crippen LogP contribution in [0.1, 0.15) is 24.2 Å². The summed E-state index contributed by atoms with van der Waals surface area (Å²) in [7, 11) is 0. The maximum atomic E-state index is 11.1. The Morgan fingerprint density at radius 1 is 1.08 bits per heavy atom. The number of nitrogens with zero attached hydrogens (tertiary/aromatic N) is 3. The molecule has 0 atom stereocenters. The van der Waals surface area contributed by atoms with Gasteiger partial charge in [-0.05, 0) is 49.6 Å². The van der Waals surface area contributed by atoms with E-state index in [1.807, 2.05) is 6.07 Å². The highest BCUT2D eigenvalue weighted by atomic mass is 32.1. The summed E-state index contributed by atoms with van der Waals surface area (Å²) in [4.78, 5) is 15.7. The minimum Gasteiger partial charge on any atom is -0.478 e. The molecule has 0 amide bonds. The normalized spacial score (nSPS) is 11.2. The third-order valence-electron chi connectivity index (χ3n) is 3.87. The maximum absolute atomic E-state index is 11.1. The number of azo groups is 1. The van der Waals surface area contributed by atoms with E-state index >= 15 is 0 Å². The Labute approximate surface area is 160 Å². The molecule has 0 unspecified atom stereocenters. The van der Waals surface area contributed by atoms with Gasteiger partial charge in [0.2, 0.25) is 0 Å². The molecular weight excluding hydrogens is 366 g/mol. The number of aromatic carboxylic acids is 1. The lowest BCUT2D eigenvalue weighted by Gasteiger charge is -2.19. The summed E-state index contributed by atoms with van der Waals surface area (Å²) in [5.41, 5.74) is 1.54. The van der Waals surface area contributed by atoms with Crippen molar-refractivity contribution in [1.82, 2.24) is 0 Å². The topological polar surface area (TPSA) is 65.3 Å². The molecule has 3 aromatic rings. The highest BCUT2D eigenvalue weighted by Crippen LogP contribution is 2.44. The number of carbonyl (C=O) groups is 1. The van der Waals surface area contributed by atoms with Crippen LogP contribution in [-0.2, 0) is 0 Å². The number of hydrogen-bond acceptors (Lipinski definition) is 6. The molecule has 0 radical (unpaired) electrons. The first-order valence-electron chi connectivity index (χ1n) is 8.30. The second kappa shape index (κ2) is 8.25. The summed E-state index contributed by atoms with van der Waals surface area (Å²) in [5.74, 6) is -0.971. The van der Waals surface area contributed by atoms with Crippen molar-refractivity contribution in [2.75, 3.05) is 18.0 Å². The molecule has 2 heterocycles. The zero-order chi connectivity index (χ0) is 18.5. The molecule has 26 heavy (non-hydrogen) atoms. The maximum Gasteiger partial charge on any atom is 0.335 e. The summed E-state index contributed by atoms with van der Waals surface area (Å²) in [6.45, 7) is 6.01. The first-order valence-corrected chi connectivity index (χ1v) is 9.99. The molecule has 0 saturated heterocycles. The number of benzene rings is 1. The Morgan fingerprint density at radius 2 is 1.88 bits per heavy atom. The number of carboxylic acids is 1. The van der Waals surface area contributed by atoms with Gasteiger partial charge < -0.3 is 10.0 Å². The average molecular weight is 386 g/mol. The highest BCUT2D eigenvalue weighted by molar-refractivity contribution is 7.24. The zero-order valence-electron chi connectivity index (χ0n) is 14.5. The van der Waals surface area contributed by atoms with Crippen molar-refractivity contribution >= 4 is 45.0 Å². The zero-order valence-corrected chi connectivity index (χ0v) is 16.2. The van der Waals surface area contributed by atoms with Gasteiger partial charge in [0.25, 0.3) is 0 Å². The molecule has 2 aromatic heterocycles. The van der Waals surface area contributed by atoms with Crippen molar-refractivity contribution < 1.29 is 9.90 Å². The van der Waals surface area contributed by atoms with E-state index in [-0.39, 0.29) is 5.56 Å². The van der Waals surface area contributed by atoms with Crippen molar-refractivity contribution in [2.24, 2.45) is 10.2 Å². The summed E-state index contributed by atoms with van der Waals surface area (Å²) < 4.78 is 0. The summed E-state index contributed by atoms with van der Waals surface area (Å²) in [6, 6.07) is 12.7. The van der Waals surface area contributed by atoms with Gasteiger partial charge in [0.05, 0.1) is 11.3 Å². The van der Waals surface area contributed by atoms with Crippen LogP contribution in [0.2, 0.25) is 0 Å². The van der Waals surface area contributed by atoms with Gasteiger partial charge in [0.1, 0.15) is 10.7 Å². The lowest BCUT2D eigenvalue weighted by Crippen LogP contribution is -2.20. The SMILES string of the molecule is CCN(CC)c1sc(-c2cccs2)cc1N=Nc1cccc(C(=O)O)c1. The fourth-order valence-corrected chi connectivity index (χ4v) is 4.58. The van der Waals surface area contributed by atoms with Gasteiger partial charge in [-0.25, -0.2) is 4.79 Å². The number of carboxylic acid groups (broad SMARTS) is 1. The van der Waals surface area contributed by atoms with Crippen LogP contribution in [0.5, 0.6) is 0 Å². The van der Waals surface area contributed by atoms with E-state index in [0.717, 1.165) is 28.7 Å². The molecule has 0 aliphatic rings. The first-order chi connectivity index (χ1) is 12.6. The van der Waals surface area contributed by atoms with Crippen molar-refractivity contribution in [2.45, 2.75) is 13.8 Å². The molecule has 3 rings (SSSR count). The number of anilines is 1. The number of hydrogen-bond donors (Lipinski definition) is 1. The van der Waals surface area contributed by atoms with E-state index in [2.05, 4.69) is 46.5 Å². The first kappa shape index (κ1) is 18.3. The highest BCUT2D eigenvalue weighted by Gasteiger charge is 2.15. The van der Waals surface area contributed by atoms with E-state index in [0.29, 0.717) is 5.69 Å². The van der Waals surface area contributed by atoms with E-state index in [4.69, 9.17) is 5.11 Å². The standard InChI is InChI=1S/C19H19N3O2S2/c1-3-22(4-2)18-15(12-17(26-18)16-9-6-10-25-16)21-20-14-8-5-7-13(11-14)19(23)24/h5-12H,3-4H2,1-2H3,(H,23,24). The molecule has 0 saturated carbocycles. The van der Waals surface area contributed by atoms with Crippen LogP contribution in [0, 0.1) is 0 Å². The molecule has 1 aromatic carbocycles. The Kier molecular flexibility index (Phi) is 5.80. The van der Waals surface area contributed by atoms with Gasteiger partial charge >= 0.3 is 5.97 Å². The smallest absolute Gasteiger partial charge is 0.335 e. The predicted molar refractivity (Wildman–Crippen MR) is 109 cm³/mol. The molecule has 0 fully saturated rings. The quantitative estimate of drug-likeness (QED) is 0.476. The van der Waals surface area contributed by atoms with E-state index in [9.17, 15) is 4.79 Å². The van der Waals surface area contributed by atoms with Crippen molar-refractivity contribution in [3.05, 3.63) is 53.4 Å². The number of thiophene rings is 2. The average Bonchev–Trinajstić information content (AvgIpc) is 3.31. The molecule has 5 nitrogen and oxygen atoms in total. The van der Waals surface area contributed by atoms with E-state index in [1.54, 1.807) is 40.9 Å². The minimum absolute atomic E-state index is 0.204. The van der Waals surface area contributed by atoms with Crippen LogP contribution in [0.15, 0.2) is 58.1 Å².